The molecule has 1 heterocycles. The number of amides is 1. The Morgan fingerprint density at radius 2 is 2.04 bits per heavy atom. The van der Waals surface area contributed by atoms with E-state index < -0.39 is 0 Å². The maximum Gasteiger partial charge on any atom is 0.238 e. The zero-order chi connectivity index (χ0) is 16.7. The summed E-state index contributed by atoms with van der Waals surface area (Å²) in [5.41, 5.74) is 1.72. The molecule has 0 bridgehead atoms. The van der Waals surface area contributed by atoms with Gasteiger partial charge >= 0.3 is 0 Å². The molecule has 1 amide bonds. The number of halogens is 1. The van der Waals surface area contributed by atoms with Crippen molar-refractivity contribution in [2.24, 2.45) is 0 Å². The maximum absolute atomic E-state index is 12.4. The van der Waals surface area contributed by atoms with Gasteiger partial charge in [-0.15, -0.1) is 0 Å². The summed E-state index contributed by atoms with van der Waals surface area (Å²) in [6, 6.07) is 5.66. The number of hydrogen-bond acceptors (Lipinski definition) is 3. The highest BCUT2D eigenvalue weighted by Crippen LogP contribution is 2.25. The van der Waals surface area contributed by atoms with Crippen molar-refractivity contribution in [1.29, 1.82) is 0 Å². The molecular weight excluding hydrogens is 310 g/mol. The Morgan fingerprint density at radius 3 is 2.70 bits per heavy atom. The Bertz CT molecular complexity index is 495. The number of likely N-dealkylation sites (tertiary alicyclic amines) is 1. The first-order valence-corrected chi connectivity index (χ1v) is 8.97. The van der Waals surface area contributed by atoms with Crippen LogP contribution in [-0.4, -0.2) is 55.0 Å². The van der Waals surface area contributed by atoms with Gasteiger partial charge in [-0.1, -0.05) is 30.7 Å². The number of para-hydroxylation sites is 1. The number of nitrogens with one attached hydrogen (secondary N) is 1. The normalized spacial score (nSPS) is 15.3. The van der Waals surface area contributed by atoms with Crippen molar-refractivity contribution >= 4 is 23.2 Å². The Labute approximate surface area is 144 Å². The van der Waals surface area contributed by atoms with E-state index >= 15 is 0 Å². The van der Waals surface area contributed by atoms with Gasteiger partial charge in [-0.3, -0.25) is 9.69 Å². The number of nitrogens with zero attached hydrogens (tertiary/aromatic N) is 2. The fourth-order valence-corrected chi connectivity index (χ4v) is 3.32. The second kappa shape index (κ2) is 9.26. The van der Waals surface area contributed by atoms with E-state index in [4.69, 9.17) is 11.6 Å². The SMILES string of the molecule is CCCN(CCN1CCCC1)CC(=O)Nc1c(C)cccc1Cl. The lowest BCUT2D eigenvalue weighted by molar-refractivity contribution is -0.117. The second-order valence-electron chi connectivity index (χ2n) is 6.30. The number of rotatable bonds is 8. The van der Waals surface area contributed by atoms with E-state index in [2.05, 4.69) is 22.0 Å². The summed E-state index contributed by atoms with van der Waals surface area (Å²) in [6.45, 7) is 9.88. The molecule has 1 saturated heterocycles. The third kappa shape index (κ3) is 5.79. The van der Waals surface area contributed by atoms with Gasteiger partial charge in [0.1, 0.15) is 0 Å². The Morgan fingerprint density at radius 1 is 1.30 bits per heavy atom. The van der Waals surface area contributed by atoms with E-state index in [0.29, 0.717) is 11.6 Å². The molecule has 128 valence electrons. The molecule has 0 saturated carbocycles. The molecule has 1 aliphatic rings. The molecular formula is C18H28ClN3O. The quantitative estimate of drug-likeness (QED) is 0.789. The minimum absolute atomic E-state index is 0.0103. The van der Waals surface area contributed by atoms with Crippen LogP contribution in [0.1, 0.15) is 31.7 Å². The first-order chi connectivity index (χ1) is 11.1. The predicted octanol–water partition coefficient (Wildman–Crippen LogP) is 3.39. The summed E-state index contributed by atoms with van der Waals surface area (Å²) in [6.07, 6.45) is 3.67. The van der Waals surface area contributed by atoms with E-state index in [-0.39, 0.29) is 5.91 Å². The predicted molar refractivity (Wildman–Crippen MR) is 97.2 cm³/mol. The largest absolute Gasteiger partial charge is 0.323 e. The van der Waals surface area contributed by atoms with Gasteiger partial charge < -0.3 is 10.2 Å². The molecule has 0 spiro atoms. The molecule has 0 atom stereocenters. The molecule has 1 aliphatic heterocycles. The molecule has 0 aromatic heterocycles. The lowest BCUT2D eigenvalue weighted by Gasteiger charge is -2.24. The van der Waals surface area contributed by atoms with Gasteiger partial charge in [0.2, 0.25) is 5.91 Å². The summed E-state index contributed by atoms with van der Waals surface area (Å²) in [4.78, 5) is 17.1. The van der Waals surface area contributed by atoms with Gasteiger partial charge in [0, 0.05) is 13.1 Å². The van der Waals surface area contributed by atoms with E-state index in [9.17, 15) is 4.79 Å². The first kappa shape index (κ1) is 18.2. The summed E-state index contributed by atoms with van der Waals surface area (Å²) < 4.78 is 0. The minimum Gasteiger partial charge on any atom is -0.323 e. The highest BCUT2D eigenvalue weighted by molar-refractivity contribution is 6.33. The number of carbonyl (C=O) groups is 1. The number of carbonyl (C=O) groups excluding carboxylic acids is 1. The standard InChI is InChI=1S/C18H28ClN3O/c1-3-9-22(13-12-21-10-4-5-11-21)14-17(23)20-18-15(2)7-6-8-16(18)19/h6-8H,3-5,9-14H2,1-2H3,(H,20,23). The molecule has 5 heteroatoms. The van der Waals surface area contributed by atoms with Gasteiger partial charge in [0.25, 0.3) is 0 Å². The zero-order valence-electron chi connectivity index (χ0n) is 14.3. The maximum atomic E-state index is 12.4. The van der Waals surface area contributed by atoms with Gasteiger partial charge in [-0.25, -0.2) is 0 Å². The number of hydrogen-bond donors (Lipinski definition) is 1. The number of aryl methyl sites for hydroxylation is 1. The van der Waals surface area contributed by atoms with E-state index in [1.807, 2.05) is 19.1 Å². The fraction of sp³-hybridized carbons (Fsp3) is 0.611. The highest BCUT2D eigenvalue weighted by Gasteiger charge is 2.16. The van der Waals surface area contributed by atoms with Gasteiger partial charge in [0.15, 0.2) is 0 Å². The molecule has 2 rings (SSSR count). The third-order valence-corrected chi connectivity index (χ3v) is 4.64. The van der Waals surface area contributed by atoms with Crippen LogP contribution in [0.4, 0.5) is 5.69 Å². The lowest BCUT2D eigenvalue weighted by atomic mass is 10.2. The smallest absolute Gasteiger partial charge is 0.238 e. The minimum atomic E-state index is 0.0103. The van der Waals surface area contributed by atoms with Gasteiger partial charge in [-0.05, 0) is 57.5 Å². The fourth-order valence-electron chi connectivity index (χ4n) is 3.05. The van der Waals surface area contributed by atoms with Crippen molar-refractivity contribution in [1.82, 2.24) is 9.80 Å². The van der Waals surface area contributed by atoms with Crippen LogP contribution >= 0.6 is 11.6 Å². The molecule has 4 nitrogen and oxygen atoms in total. The number of benzene rings is 1. The van der Waals surface area contributed by atoms with Crippen LogP contribution in [0.2, 0.25) is 5.02 Å². The third-order valence-electron chi connectivity index (χ3n) is 4.32. The second-order valence-corrected chi connectivity index (χ2v) is 6.71. The van der Waals surface area contributed by atoms with Crippen LogP contribution in [0, 0.1) is 6.92 Å². The van der Waals surface area contributed by atoms with Crippen molar-refractivity contribution in [3.8, 4) is 0 Å². The van der Waals surface area contributed by atoms with E-state index in [0.717, 1.165) is 37.3 Å². The Balaban J connectivity index is 1.86. The summed E-state index contributed by atoms with van der Waals surface area (Å²) in [5, 5.41) is 3.56. The molecule has 23 heavy (non-hydrogen) atoms. The Hall–Kier alpha value is -1.10. The average molecular weight is 338 g/mol. The summed E-state index contributed by atoms with van der Waals surface area (Å²) in [5.74, 6) is 0.0103. The van der Waals surface area contributed by atoms with Crippen molar-refractivity contribution in [2.75, 3.05) is 44.6 Å². The summed E-state index contributed by atoms with van der Waals surface area (Å²) in [7, 11) is 0. The Kier molecular flexibility index (Phi) is 7.34. The van der Waals surface area contributed by atoms with Crippen LogP contribution < -0.4 is 5.32 Å². The van der Waals surface area contributed by atoms with E-state index in [1.165, 1.54) is 25.9 Å². The van der Waals surface area contributed by atoms with Crippen LogP contribution in [0.3, 0.4) is 0 Å². The van der Waals surface area contributed by atoms with Crippen LogP contribution in [-0.2, 0) is 4.79 Å². The molecule has 0 unspecified atom stereocenters. The van der Waals surface area contributed by atoms with Crippen LogP contribution in [0.5, 0.6) is 0 Å². The van der Waals surface area contributed by atoms with Crippen LogP contribution in [0.25, 0.3) is 0 Å². The monoisotopic (exact) mass is 337 g/mol. The van der Waals surface area contributed by atoms with Crippen molar-refractivity contribution < 1.29 is 4.79 Å². The molecule has 1 aromatic carbocycles. The summed E-state index contributed by atoms with van der Waals surface area (Å²) >= 11 is 6.18. The van der Waals surface area contributed by atoms with Gasteiger partial charge in [-0.2, -0.15) is 0 Å². The van der Waals surface area contributed by atoms with Crippen molar-refractivity contribution in [2.45, 2.75) is 33.1 Å². The van der Waals surface area contributed by atoms with Crippen molar-refractivity contribution in [3.63, 3.8) is 0 Å². The van der Waals surface area contributed by atoms with Crippen molar-refractivity contribution in [3.05, 3.63) is 28.8 Å². The molecule has 0 aliphatic carbocycles. The topological polar surface area (TPSA) is 35.6 Å². The van der Waals surface area contributed by atoms with Crippen LogP contribution in [0.15, 0.2) is 18.2 Å². The van der Waals surface area contributed by atoms with E-state index in [1.54, 1.807) is 6.07 Å². The lowest BCUT2D eigenvalue weighted by Crippen LogP contribution is -2.39. The molecule has 1 aromatic rings. The molecule has 1 N–H and O–H groups in total. The zero-order valence-corrected chi connectivity index (χ0v) is 15.0. The molecule has 1 fully saturated rings. The highest BCUT2D eigenvalue weighted by atomic mass is 35.5. The average Bonchev–Trinajstić information content (AvgIpc) is 3.02. The van der Waals surface area contributed by atoms with Gasteiger partial charge in [0.05, 0.1) is 17.3 Å². The first-order valence-electron chi connectivity index (χ1n) is 8.60. The number of anilines is 1. The molecule has 0 radical (unpaired) electrons.